The zero-order valence-electron chi connectivity index (χ0n) is 11.2. The molecule has 1 aliphatic carbocycles. The molecule has 0 saturated heterocycles. The predicted molar refractivity (Wildman–Crippen MR) is 72.9 cm³/mol. The van der Waals surface area contributed by atoms with Gasteiger partial charge in [0, 0.05) is 6.04 Å². The molecule has 2 atom stereocenters. The minimum Gasteiger partial charge on any atom is -0.368 e. The number of nitrogens with one attached hydrogen (secondary N) is 1. The molecule has 0 aliphatic heterocycles. The Bertz CT molecular complexity index is 491. The van der Waals surface area contributed by atoms with E-state index in [0.717, 1.165) is 19.3 Å². The quantitative estimate of drug-likeness (QED) is 0.641. The van der Waals surface area contributed by atoms with Crippen LogP contribution < -0.4 is 11.1 Å². The number of nitrogens with zero attached hydrogens (tertiary/aromatic N) is 3. The highest BCUT2D eigenvalue weighted by Gasteiger charge is 2.25. The molecule has 0 radical (unpaired) electrons. The number of nitrogens with two attached hydrogens (primary N) is 1. The first-order chi connectivity index (χ1) is 8.97. The summed E-state index contributed by atoms with van der Waals surface area (Å²) in [6, 6.07) is 0.219. The van der Waals surface area contributed by atoms with Gasteiger partial charge < -0.3 is 11.1 Å². The molecule has 1 fully saturated rings. The Morgan fingerprint density at radius 2 is 2.16 bits per heavy atom. The van der Waals surface area contributed by atoms with Crippen LogP contribution in [-0.2, 0) is 0 Å². The molecule has 1 saturated carbocycles. The van der Waals surface area contributed by atoms with Crippen molar-refractivity contribution in [2.24, 2.45) is 5.92 Å². The number of hydrogen-bond donors (Lipinski definition) is 2. The summed E-state index contributed by atoms with van der Waals surface area (Å²) < 4.78 is 0. The summed E-state index contributed by atoms with van der Waals surface area (Å²) in [5.41, 5.74) is 5.79. The Balaban J connectivity index is 2.25. The zero-order chi connectivity index (χ0) is 14.0. The lowest BCUT2D eigenvalue weighted by Gasteiger charge is -2.27. The summed E-state index contributed by atoms with van der Waals surface area (Å²) in [7, 11) is 0. The second kappa shape index (κ2) is 5.38. The van der Waals surface area contributed by atoms with E-state index in [1.807, 2.05) is 0 Å². The van der Waals surface area contributed by atoms with E-state index in [1.54, 1.807) is 6.92 Å². The smallest absolute Gasteiger partial charge is 0.332 e. The molecule has 0 aromatic carbocycles. The van der Waals surface area contributed by atoms with Gasteiger partial charge in [-0.05, 0) is 25.7 Å². The first-order valence-electron chi connectivity index (χ1n) is 6.52. The van der Waals surface area contributed by atoms with Gasteiger partial charge in [-0.1, -0.05) is 19.8 Å². The Morgan fingerprint density at radius 1 is 1.42 bits per heavy atom. The minimum atomic E-state index is -0.455. The monoisotopic (exact) mass is 265 g/mol. The highest BCUT2D eigenvalue weighted by molar-refractivity contribution is 5.60. The van der Waals surface area contributed by atoms with Gasteiger partial charge in [-0.15, -0.1) is 0 Å². The van der Waals surface area contributed by atoms with E-state index in [2.05, 4.69) is 22.2 Å². The van der Waals surface area contributed by atoms with Gasteiger partial charge in [0.15, 0.2) is 0 Å². The maximum absolute atomic E-state index is 11.1. The fourth-order valence-electron chi connectivity index (χ4n) is 2.67. The number of rotatable bonds is 3. The first kappa shape index (κ1) is 13.5. The summed E-state index contributed by atoms with van der Waals surface area (Å²) in [5, 5.41) is 14.3. The standard InChI is InChI=1S/C12H19N5O2/c1-7-4-3-5-9(6-7)15-11-10(17(18)19)8(2)14-12(13)16-11/h7,9H,3-6H2,1-2H3,(H3,13,14,15,16). The van der Waals surface area contributed by atoms with Crippen molar-refractivity contribution < 1.29 is 4.92 Å². The van der Waals surface area contributed by atoms with Gasteiger partial charge >= 0.3 is 5.69 Å². The van der Waals surface area contributed by atoms with Crippen LogP contribution in [0.1, 0.15) is 38.3 Å². The molecule has 1 aliphatic rings. The third-order valence-corrected chi connectivity index (χ3v) is 3.54. The average Bonchev–Trinajstić information content (AvgIpc) is 2.26. The van der Waals surface area contributed by atoms with Gasteiger partial charge in [-0.2, -0.15) is 4.98 Å². The zero-order valence-corrected chi connectivity index (χ0v) is 11.2. The molecule has 2 unspecified atom stereocenters. The summed E-state index contributed by atoms with van der Waals surface area (Å²) in [5.74, 6) is 0.939. The third-order valence-electron chi connectivity index (χ3n) is 3.54. The summed E-state index contributed by atoms with van der Waals surface area (Å²) in [6.45, 7) is 3.77. The van der Waals surface area contributed by atoms with Gasteiger partial charge in [-0.25, -0.2) is 4.98 Å². The Labute approximate surface area is 111 Å². The van der Waals surface area contributed by atoms with Gasteiger partial charge in [-0.3, -0.25) is 10.1 Å². The minimum absolute atomic E-state index is 0.0643. The van der Waals surface area contributed by atoms with Crippen LogP contribution in [0.15, 0.2) is 0 Å². The average molecular weight is 265 g/mol. The summed E-state index contributed by atoms with van der Waals surface area (Å²) in [4.78, 5) is 18.5. The summed E-state index contributed by atoms with van der Waals surface area (Å²) in [6.07, 6.45) is 4.35. The Kier molecular flexibility index (Phi) is 3.82. The number of hydrogen-bond acceptors (Lipinski definition) is 6. The lowest BCUT2D eigenvalue weighted by molar-refractivity contribution is -0.385. The third kappa shape index (κ3) is 3.10. The molecule has 7 nitrogen and oxygen atoms in total. The highest BCUT2D eigenvalue weighted by atomic mass is 16.6. The van der Waals surface area contributed by atoms with Crippen LogP contribution in [0.4, 0.5) is 17.5 Å². The molecule has 1 aromatic heterocycles. The molecule has 2 rings (SSSR count). The number of nitro groups is 1. The first-order valence-corrected chi connectivity index (χ1v) is 6.52. The van der Waals surface area contributed by atoms with E-state index in [9.17, 15) is 10.1 Å². The second-order valence-electron chi connectivity index (χ2n) is 5.23. The largest absolute Gasteiger partial charge is 0.368 e. The lowest BCUT2D eigenvalue weighted by Crippen LogP contribution is -2.27. The van der Waals surface area contributed by atoms with Crippen LogP contribution in [0.5, 0.6) is 0 Å². The van der Waals surface area contributed by atoms with Crippen LogP contribution in [-0.4, -0.2) is 20.9 Å². The Hall–Kier alpha value is -1.92. The molecule has 0 amide bonds. The van der Waals surface area contributed by atoms with Crippen molar-refractivity contribution >= 4 is 17.5 Å². The molecular formula is C12H19N5O2. The van der Waals surface area contributed by atoms with Crippen LogP contribution in [0.2, 0.25) is 0 Å². The predicted octanol–water partition coefficient (Wildman–Crippen LogP) is 2.27. The molecule has 1 aromatic rings. The number of nitrogen functional groups attached to an aromatic ring is 1. The van der Waals surface area contributed by atoms with Crippen molar-refractivity contribution in [1.82, 2.24) is 9.97 Å². The van der Waals surface area contributed by atoms with E-state index in [1.165, 1.54) is 6.42 Å². The fourth-order valence-corrected chi connectivity index (χ4v) is 2.67. The number of aryl methyl sites for hydroxylation is 1. The van der Waals surface area contributed by atoms with E-state index in [0.29, 0.717) is 11.6 Å². The Morgan fingerprint density at radius 3 is 2.79 bits per heavy atom. The molecule has 0 spiro atoms. The van der Waals surface area contributed by atoms with Crippen LogP contribution >= 0.6 is 0 Å². The topological polar surface area (TPSA) is 107 Å². The normalized spacial score (nSPS) is 23.1. The lowest BCUT2D eigenvalue weighted by atomic mass is 9.87. The fraction of sp³-hybridized carbons (Fsp3) is 0.667. The van der Waals surface area contributed by atoms with E-state index in [-0.39, 0.29) is 23.5 Å². The van der Waals surface area contributed by atoms with Gasteiger partial charge in [0.05, 0.1) is 4.92 Å². The van der Waals surface area contributed by atoms with Crippen molar-refractivity contribution in [2.45, 2.75) is 45.6 Å². The summed E-state index contributed by atoms with van der Waals surface area (Å²) >= 11 is 0. The molecule has 19 heavy (non-hydrogen) atoms. The van der Waals surface area contributed by atoms with Crippen molar-refractivity contribution in [3.63, 3.8) is 0 Å². The van der Waals surface area contributed by atoms with Crippen LogP contribution in [0.3, 0.4) is 0 Å². The SMILES string of the molecule is Cc1nc(N)nc(NC2CCCC(C)C2)c1[N+](=O)[O-]. The second-order valence-corrected chi connectivity index (χ2v) is 5.23. The van der Waals surface area contributed by atoms with Crippen molar-refractivity contribution in [3.8, 4) is 0 Å². The molecule has 7 heteroatoms. The van der Waals surface area contributed by atoms with Crippen molar-refractivity contribution in [3.05, 3.63) is 15.8 Å². The van der Waals surface area contributed by atoms with Crippen molar-refractivity contribution in [2.75, 3.05) is 11.1 Å². The van der Waals surface area contributed by atoms with Crippen molar-refractivity contribution in [1.29, 1.82) is 0 Å². The van der Waals surface area contributed by atoms with Gasteiger partial charge in [0.25, 0.3) is 0 Å². The van der Waals surface area contributed by atoms with Crippen LogP contribution in [0, 0.1) is 23.0 Å². The highest BCUT2D eigenvalue weighted by Crippen LogP contribution is 2.30. The number of aromatic nitrogens is 2. The maximum atomic E-state index is 11.1. The van der Waals surface area contributed by atoms with Gasteiger partial charge in [0.2, 0.25) is 11.8 Å². The van der Waals surface area contributed by atoms with Gasteiger partial charge in [0.1, 0.15) is 5.69 Å². The molecule has 0 bridgehead atoms. The van der Waals surface area contributed by atoms with Crippen LogP contribution in [0.25, 0.3) is 0 Å². The molecule has 1 heterocycles. The molecular weight excluding hydrogens is 246 g/mol. The van der Waals surface area contributed by atoms with E-state index < -0.39 is 4.92 Å². The van der Waals surface area contributed by atoms with E-state index in [4.69, 9.17) is 5.73 Å². The number of anilines is 2. The maximum Gasteiger partial charge on any atom is 0.332 e. The molecule has 3 N–H and O–H groups in total. The van der Waals surface area contributed by atoms with E-state index >= 15 is 0 Å². The molecule has 104 valence electrons.